The van der Waals surface area contributed by atoms with Gasteiger partial charge in [0.25, 0.3) is 0 Å². The van der Waals surface area contributed by atoms with Crippen LogP contribution in [0.4, 0.5) is 9.18 Å². The summed E-state index contributed by atoms with van der Waals surface area (Å²) >= 11 is 0. The Hall–Kier alpha value is -1.78. The third kappa shape index (κ3) is 4.30. The van der Waals surface area contributed by atoms with E-state index in [1.165, 1.54) is 12.1 Å². The molecule has 17 heavy (non-hydrogen) atoms. The molecule has 4 nitrogen and oxygen atoms in total. The van der Waals surface area contributed by atoms with Crippen LogP contribution in [0.3, 0.4) is 0 Å². The van der Waals surface area contributed by atoms with Crippen LogP contribution in [0, 0.1) is 5.82 Å². The van der Waals surface area contributed by atoms with Crippen LogP contribution in [0.25, 0.3) is 0 Å². The predicted octanol–water partition coefficient (Wildman–Crippen LogP) is 1.67. The Bertz CT molecular complexity index is 377. The van der Waals surface area contributed by atoms with Crippen molar-refractivity contribution in [1.29, 1.82) is 0 Å². The maximum Gasteiger partial charge on any atom is 0.315 e. The summed E-state index contributed by atoms with van der Waals surface area (Å²) in [6, 6.07) is 5.98. The maximum atomic E-state index is 12.6. The van der Waals surface area contributed by atoms with E-state index in [1.54, 1.807) is 12.1 Å². The van der Waals surface area contributed by atoms with Crippen molar-refractivity contribution in [2.75, 3.05) is 13.2 Å². The number of hydrogen-bond donors (Lipinski definition) is 2. The summed E-state index contributed by atoms with van der Waals surface area (Å²) in [5, 5.41) is 5.49. The molecule has 92 valence electrons. The van der Waals surface area contributed by atoms with Gasteiger partial charge in [0.1, 0.15) is 18.2 Å². The summed E-state index contributed by atoms with van der Waals surface area (Å²) in [5.41, 5.74) is 0. The highest BCUT2D eigenvalue weighted by Gasteiger charge is 2.22. The van der Waals surface area contributed by atoms with Crippen LogP contribution in [0.1, 0.15) is 12.8 Å². The van der Waals surface area contributed by atoms with E-state index in [9.17, 15) is 9.18 Å². The number of rotatable bonds is 5. The lowest BCUT2D eigenvalue weighted by Gasteiger charge is -2.08. The molecule has 0 unspecified atom stereocenters. The molecule has 0 aliphatic heterocycles. The van der Waals surface area contributed by atoms with E-state index < -0.39 is 0 Å². The van der Waals surface area contributed by atoms with Gasteiger partial charge in [-0.2, -0.15) is 0 Å². The molecule has 0 saturated heterocycles. The molecule has 1 fully saturated rings. The SMILES string of the molecule is O=C(NCCOc1ccc(F)cc1)NC1CC1. The fourth-order valence-electron chi connectivity index (χ4n) is 1.33. The number of benzene rings is 1. The minimum Gasteiger partial charge on any atom is -0.492 e. The molecule has 0 atom stereocenters. The number of ether oxygens (including phenoxy) is 1. The maximum absolute atomic E-state index is 12.6. The van der Waals surface area contributed by atoms with E-state index in [4.69, 9.17) is 4.74 Å². The smallest absolute Gasteiger partial charge is 0.315 e. The van der Waals surface area contributed by atoms with E-state index in [2.05, 4.69) is 10.6 Å². The molecule has 1 aliphatic carbocycles. The molecule has 2 amide bonds. The topological polar surface area (TPSA) is 50.4 Å². The lowest BCUT2D eigenvalue weighted by atomic mass is 10.3. The average molecular weight is 238 g/mol. The van der Waals surface area contributed by atoms with Crippen molar-refractivity contribution in [1.82, 2.24) is 10.6 Å². The van der Waals surface area contributed by atoms with Gasteiger partial charge in [-0.05, 0) is 37.1 Å². The van der Waals surface area contributed by atoms with Crippen LogP contribution < -0.4 is 15.4 Å². The summed E-state index contributed by atoms with van der Waals surface area (Å²) in [5.74, 6) is 0.301. The van der Waals surface area contributed by atoms with Crippen molar-refractivity contribution in [3.8, 4) is 5.75 Å². The van der Waals surface area contributed by atoms with Gasteiger partial charge in [-0.3, -0.25) is 0 Å². The van der Waals surface area contributed by atoms with Crippen LogP contribution in [0.15, 0.2) is 24.3 Å². The molecule has 5 heteroatoms. The molecule has 0 heterocycles. The van der Waals surface area contributed by atoms with Crippen LogP contribution in [0.2, 0.25) is 0 Å². The minimum absolute atomic E-state index is 0.157. The first-order chi connectivity index (χ1) is 8.24. The number of urea groups is 1. The molecule has 2 rings (SSSR count). The fourth-order valence-corrected chi connectivity index (χ4v) is 1.33. The van der Waals surface area contributed by atoms with E-state index in [0.29, 0.717) is 24.9 Å². The van der Waals surface area contributed by atoms with Crippen molar-refractivity contribution >= 4 is 6.03 Å². The standard InChI is InChI=1S/C12H15FN2O2/c13-9-1-5-11(6-2-9)17-8-7-14-12(16)15-10-3-4-10/h1-2,5-6,10H,3-4,7-8H2,(H2,14,15,16). The molecule has 0 radical (unpaired) electrons. The number of hydrogen-bond acceptors (Lipinski definition) is 2. The van der Waals surface area contributed by atoms with Crippen LogP contribution in [-0.2, 0) is 0 Å². The van der Waals surface area contributed by atoms with Crippen molar-refractivity contribution in [3.63, 3.8) is 0 Å². The Labute approximate surface area is 99.2 Å². The molecular formula is C12H15FN2O2. The van der Waals surface area contributed by atoms with Crippen molar-refractivity contribution in [2.24, 2.45) is 0 Å². The molecule has 0 bridgehead atoms. The zero-order chi connectivity index (χ0) is 12.1. The number of amides is 2. The zero-order valence-corrected chi connectivity index (χ0v) is 9.41. The first-order valence-electron chi connectivity index (χ1n) is 5.67. The van der Waals surface area contributed by atoms with Crippen LogP contribution in [-0.4, -0.2) is 25.2 Å². The van der Waals surface area contributed by atoms with Gasteiger partial charge in [0.15, 0.2) is 0 Å². The van der Waals surface area contributed by atoms with Gasteiger partial charge >= 0.3 is 6.03 Å². The number of carbonyl (C=O) groups excluding carboxylic acids is 1. The fraction of sp³-hybridized carbons (Fsp3) is 0.417. The Balaban J connectivity index is 1.59. The second-order valence-corrected chi connectivity index (χ2v) is 3.98. The first kappa shape index (κ1) is 11.7. The lowest BCUT2D eigenvalue weighted by molar-refractivity contribution is 0.236. The zero-order valence-electron chi connectivity index (χ0n) is 9.41. The summed E-state index contributed by atoms with van der Waals surface area (Å²) in [7, 11) is 0. The average Bonchev–Trinajstić information content (AvgIpc) is 3.11. The first-order valence-corrected chi connectivity index (χ1v) is 5.67. The van der Waals surface area contributed by atoms with Gasteiger partial charge in [-0.1, -0.05) is 0 Å². The third-order valence-corrected chi connectivity index (χ3v) is 2.38. The number of carbonyl (C=O) groups is 1. The molecule has 1 aromatic rings. The normalized spacial score (nSPS) is 14.2. The van der Waals surface area contributed by atoms with Crippen molar-refractivity contribution in [2.45, 2.75) is 18.9 Å². The van der Waals surface area contributed by atoms with Crippen LogP contribution >= 0.6 is 0 Å². The molecule has 0 aromatic heterocycles. The van der Waals surface area contributed by atoms with Gasteiger partial charge in [0, 0.05) is 6.04 Å². The molecule has 1 aliphatic rings. The Morgan fingerprint density at radius 3 is 2.71 bits per heavy atom. The number of nitrogens with one attached hydrogen (secondary N) is 2. The van der Waals surface area contributed by atoms with Crippen LogP contribution in [0.5, 0.6) is 5.75 Å². The Morgan fingerprint density at radius 1 is 1.35 bits per heavy atom. The largest absolute Gasteiger partial charge is 0.492 e. The third-order valence-electron chi connectivity index (χ3n) is 2.38. The van der Waals surface area contributed by atoms with Gasteiger partial charge in [0.2, 0.25) is 0 Å². The summed E-state index contributed by atoms with van der Waals surface area (Å²) in [6.07, 6.45) is 2.14. The molecule has 1 saturated carbocycles. The molecule has 0 spiro atoms. The highest BCUT2D eigenvalue weighted by Crippen LogP contribution is 2.18. The van der Waals surface area contributed by atoms with Crippen molar-refractivity contribution < 1.29 is 13.9 Å². The van der Waals surface area contributed by atoms with E-state index >= 15 is 0 Å². The molecule has 2 N–H and O–H groups in total. The highest BCUT2D eigenvalue weighted by atomic mass is 19.1. The number of halogens is 1. The van der Waals surface area contributed by atoms with Gasteiger partial charge in [-0.25, -0.2) is 9.18 Å². The second-order valence-electron chi connectivity index (χ2n) is 3.98. The predicted molar refractivity (Wildman–Crippen MR) is 61.5 cm³/mol. The quantitative estimate of drug-likeness (QED) is 0.766. The van der Waals surface area contributed by atoms with Gasteiger partial charge in [-0.15, -0.1) is 0 Å². The molecule has 1 aromatic carbocycles. The summed E-state index contributed by atoms with van der Waals surface area (Å²) in [6.45, 7) is 0.791. The highest BCUT2D eigenvalue weighted by molar-refractivity contribution is 5.74. The van der Waals surface area contributed by atoms with Gasteiger partial charge in [0.05, 0.1) is 6.54 Å². The molecular weight excluding hydrogens is 223 g/mol. The Morgan fingerprint density at radius 2 is 2.06 bits per heavy atom. The van der Waals surface area contributed by atoms with E-state index in [0.717, 1.165) is 12.8 Å². The van der Waals surface area contributed by atoms with E-state index in [-0.39, 0.29) is 11.8 Å². The monoisotopic (exact) mass is 238 g/mol. The summed E-state index contributed by atoms with van der Waals surface area (Å²) in [4.78, 5) is 11.2. The Kier molecular flexibility index (Phi) is 3.80. The second kappa shape index (κ2) is 5.52. The van der Waals surface area contributed by atoms with Gasteiger partial charge < -0.3 is 15.4 Å². The minimum atomic E-state index is -0.292. The summed E-state index contributed by atoms with van der Waals surface area (Å²) < 4.78 is 17.9. The van der Waals surface area contributed by atoms with Crippen molar-refractivity contribution in [3.05, 3.63) is 30.1 Å². The van der Waals surface area contributed by atoms with E-state index in [1.807, 2.05) is 0 Å². The lowest BCUT2D eigenvalue weighted by Crippen LogP contribution is -2.38.